The second kappa shape index (κ2) is 7.82. The molecule has 1 aliphatic heterocycles. The van der Waals surface area contributed by atoms with Crippen molar-refractivity contribution < 1.29 is 4.79 Å². The van der Waals surface area contributed by atoms with Gasteiger partial charge in [-0.3, -0.25) is 20.1 Å². The van der Waals surface area contributed by atoms with Gasteiger partial charge in [-0.1, -0.05) is 60.7 Å². The van der Waals surface area contributed by atoms with Crippen LogP contribution in [-0.2, 0) is 30.0 Å². The number of aldehydes is 1. The summed E-state index contributed by atoms with van der Waals surface area (Å²) >= 11 is 0. The number of nitrogens with zero attached hydrogens (tertiary/aromatic N) is 3. The summed E-state index contributed by atoms with van der Waals surface area (Å²) in [4.78, 5) is 19.4. The van der Waals surface area contributed by atoms with Gasteiger partial charge >= 0.3 is 0 Å². The minimum atomic E-state index is -0.917. The van der Waals surface area contributed by atoms with Crippen LogP contribution in [0.1, 0.15) is 22.3 Å². The van der Waals surface area contributed by atoms with Crippen LogP contribution >= 0.6 is 0 Å². The fraction of sp³-hybridized carbons (Fsp3) is 0.208. The predicted molar refractivity (Wildman–Crippen MR) is 115 cm³/mol. The van der Waals surface area contributed by atoms with Crippen molar-refractivity contribution in [3.63, 3.8) is 0 Å². The average molecular weight is 397 g/mol. The molecule has 0 bridgehead atoms. The molecule has 150 valence electrons. The van der Waals surface area contributed by atoms with Crippen LogP contribution in [0, 0.1) is 0 Å². The number of aromatic amines is 1. The van der Waals surface area contributed by atoms with Gasteiger partial charge in [0, 0.05) is 31.2 Å². The topological polar surface area (TPSA) is 73.9 Å². The molecule has 6 heteroatoms. The van der Waals surface area contributed by atoms with Gasteiger partial charge in [0.05, 0.1) is 6.20 Å². The molecule has 0 saturated heterocycles. The highest BCUT2D eigenvalue weighted by Crippen LogP contribution is 2.32. The minimum Gasteiger partial charge on any atom is -0.299 e. The first-order valence-corrected chi connectivity index (χ1v) is 10.2. The van der Waals surface area contributed by atoms with Crippen molar-refractivity contribution in [1.29, 1.82) is 0 Å². The molecule has 0 spiro atoms. The van der Waals surface area contributed by atoms with Crippen LogP contribution in [0.4, 0.5) is 0 Å². The van der Waals surface area contributed by atoms with E-state index in [1.54, 1.807) is 0 Å². The molecular weight excluding hydrogens is 374 g/mol. The maximum atomic E-state index is 12.7. The maximum absolute atomic E-state index is 12.7. The first-order chi connectivity index (χ1) is 14.8. The Labute approximate surface area is 174 Å². The largest absolute Gasteiger partial charge is 0.299 e. The van der Waals surface area contributed by atoms with Crippen molar-refractivity contribution in [2.45, 2.75) is 25.2 Å². The normalized spacial score (nSPS) is 16.1. The lowest BCUT2D eigenvalue weighted by molar-refractivity contribution is -0.123. The van der Waals surface area contributed by atoms with Crippen LogP contribution < -0.4 is 5.32 Å². The smallest absolute Gasteiger partial charge is 0.159 e. The third-order valence-corrected chi connectivity index (χ3v) is 5.96. The summed E-state index contributed by atoms with van der Waals surface area (Å²) in [6.07, 6.45) is 5.62. The number of pyridine rings is 1. The lowest BCUT2D eigenvalue weighted by Gasteiger charge is -2.43. The van der Waals surface area contributed by atoms with Gasteiger partial charge in [0.15, 0.2) is 17.6 Å². The first kappa shape index (κ1) is 18.7. The van der Waals surface area contributed by atoms with Gasteiger partial charge in [0.25, 0.3) is 0 Å². The molecule has 2 aromatic carbocycles. The molecule has 0 fully saturated rings. The van der Waals surface area contributed by atoms with Crippen LogP contribution in [-0.4, -0.2) is 32.9 Å². The van der Waals surface area contributed by atoms with Crippen molar-refractivity contribution in [3.05, 3.63) is 95.3 Å². The number of benzene rings is 2. The number of carbonyl (C=O) groups excluding carboxylic acids is 1. The van der Waals surface area contributed by atoms with E-state index in [0.29, 0.717) is 13.1 Å². The summed E-state index contributed by atoms with van der Waals surface area (Å²) in [6.45, 7) is 1.99. The second-order valence-corrected chi connectivity index (χ2v) is 7.66. The fourth-order valence-electron chi connectivity index (χ4n) is 4.36. The molecule has 1 atom stereocenters. The van der Waals surface area contributed by atoms with Crippen molar-refractivity contribution in [2.75, 3.05) is 6.54 Å². The van der Waals surface area contributed by atoms with Gasteiger partial charge in [0.2, 0.25) is 0 Å². The van der Waals surface area contributed by atoms with E-state index in [0.717, 1.165) is 47.0 Å². The number of hydrogen-bond acceptors (Lipinski definition) is 5. The summed E-state index contributed by atoms with van der Waals surface area (Å²) in [5, 5.41) is 11.7. The van der Waals surface area contributed by atoms with E-state index >= 15 is 0 Å². The Bertz CT molecular complexity index is 1160. The highest BCUT2D eigenvalue weighted by atomic mass is 16.1. The molecule has 6 nitrogen and oxygen atoms in total. The lowest BCUT2D eigenvalue weighted by atomic mass is 9.92. The number of H-pyrrole nitrogens is 1. The number of aromatic nitrogens is 3. The molecule has 0 saturated carbocycles. The van der Waals surface area contributed by atoms with Crippen LogP contribution in [0.5, 0.6) is 0 Å². The number of hydrogen-bond donors (Lipinski definition) is 2. The zero-order chi connectivity index (χ0) is 20.4. The molecule has 0 amide bonds. The van der Waals surface area contributed by atoms with Gasteiger partial charge in [-0.25, -0.2) is 4.98 Å². The molecule has 4 aromatic rings. The molecule has 2 aromatic heterocycles. The SMILES string of the molecule is O=CC(NCc1ccccc1)(c1ccccc1)N1CCc2c(cnc3[nH]ncc23)C1. The summed E-state index contributed by atoms with van der Waals surface area (Å²) in [5.74, 6) is 0. The molecule has 0 aliphatic carbocycles. The lowest BCUT2D eigenvalue weighted by Crippen LogP contribution is -2.58. The van der Waals surface area contributed by atoms with Crippen LogP contribution in [0.25, 0.3) is 11.0 Å². The maximum Gasteiger partial charge on any atom is 0.159 e. The number of rotatable bonds is 6. The standard InChI is InChI=1S/C24H23N5O/c30-17-24(20-9-5-2-6-10-20,26-13-18-7-3-1-4-8-18)29-12-11-21-19(16-29)14-25-23-22(21)15-27-28-23/h1-10,14-15,17,26H,11-13,16H2,(H,25,27,28). The van der Waals surface area contributed by atoms with Crippen molar-refractivity contribution in [2.24, 2.45) is 0 Å². The van der Waals surface area contributed by atoms with Crippen molar-refractivity contribution in [1.82, 2.24) is 25.4 Å². The number of fused-ring (bicyclic) bond motifs is 3. The molecule has 0 radical (unpaired) electrons. The summed E-state index contributed by atoms with van der Waals surface area (Å²) in [5.41, 5.74) is 4.38. The third-order valence-electron chi connectivity index (χ3n) is 5.96. The molecule has 1 aliphatic rings. The van der Waals surface area contributed by atoms with E-state index in [1.807, 2.05) is 60.9 Å². The van der Waals surface area contributed by atoms with E-state index in [4.69, 9.17) is 0 Å². The van der Waals surface area contributed by atoms with Crippen LogP contribution in [0.15, 0.2) is 73.1 Å². The van der Waals surface area contributed by atoms with E-state index in [9.17, 15) is 4.79 Å². The fourth-order valence-corrected chi connectivity index (χ4v) is 4.36. The van der Waals surface area contributed by atoms with E-state index in [-0.39, 0.29) is 0 Å². The summed E-state index contributed by atoms with van der Waals surface area (Å²) < 4.78 is 0. The Morgan fingerprint density at radius 3 is 2.60 bits per heavy atom. The Kier molecular flexibility index (Phi) is 4.86. The van der Waals surface area contributed by atoms with E-state index < -0.39 is 5.66 Å². The summed E-state index contributed by atoms with van der Waals surface area (Å²) in [7, 11) is 0. The van der Waals surface area contributed by atoms with Crippen molar-refractivity contribution in [3.8, 4) is 0 Å². The minimum absolute atomic E-state index is 0.594. The van der Waals surface area contributed by atoms with Gasteiger partial charge in [-0.05, 0) is 28.7 Å². The van der Waals surface area contributed by atoms with Crippen molar-refractivity contribution >= 4 is 17.3 Å². The highest BCUT2D eigenvalue weighted by Gasteiger charge is 2.40. The Morgan fingerprint density at radius 1 is 1.07 bits per heavy atom. The van der Waals surface area contributed by atoms with Gasteiger partial charge in [0.1, 0.15) is 0 Å². The highest BCUT2D eigenvalue weighted by molar-refractivity contribution is 5.79. The summed E-state index contributed by atoms with van der Waals surface area (Å²) in [6, 6.07) is 20.1. The molecule has 2 N–H and O–H groups in total. The third kappa shape index (κ3) is 3.20. The predicted octanol–water partition coefficient (Wildman–Crippen LogP) is 3.16. The first-order valence-electron chi connectivity index (χ1n) is 10.2. The molecular formula is C24H23N5O. The zero-order valence-electron chi connectivity index (χ0n) is 16.6. The van der Waals surface area contributed by atoms with Crippen LogP contribution in [0.3, 0.4) is 0 Å². The van der Waals surface area contributed by atoms with Gasteiger partial charge in [-0.2, -0.15) is 5.10 Å². The van der Waals surface area contributed by atoms with E-state index in [2.05, 4.69) is 37.5 Å². The quantitative estimate of drug-likeness (QED) is 0.489. The average Bonchev–Trinajstić information content (AvgIpc) is 3.30. The van der Waals surface area contributed by atoms with E-state index in [1.165, 1.54) is 5.56 Å². The van der Waals surface area contributed by atoms with Gasteiger partial charge < -0.3 is 0 Å². The van der Waals surface area contributed by atoms with Gasteiger partial charge in [-0.15, -0.1) is 0 Å². The monoisotopic (exact) mass is 397 g/mol. The number of nitrogens with one attached hydrogen (secondary N) is 2. The Morgan fingerprint density at radius 2 is 1.83 bits per heavy atom. The number of carbonyl (C=O) groups is 1. The molecule has 1 unspecified atom stereocenters. The molecule has 5 rings (SSSR count). The zero-order valence-corrected chi connectivity index (χ0v) is 16.6. The Balaban J connectivity index is 1.52. The second-order valence-electron chi connectivity index (χ2n) is 7.66. The molecule has 3 heterocycles. The Hall–Kier alpha value is -3.35. The van der Waals surface area contributed by atoms with Crippen LogP contribution in [0.2, 0.25) is 0 Å². The molecule has 30 heavy (non-hydrogen) atoms.